The number of rotatable bonds is 3. The summed E-state index contributed by atoms with van der Waals surface area (Å²) in [4.78, 5) is 0. The summed E-state index contributed by atoms with van der Waals surface area (Å²) in [5.74, 6) is 1.83. The van der Waals surface area contributed by atoms with Crippen molar-refractivity contribution in [3.05, 3.63) is 0 Å². The molecule has 1 rings (SSSR count). The molecule has 13 heavy (non-hydrogen) atoms. The molecule has 0 saturated heterocycles. The van der Waals surface area contributed by atoms with Crippen molar-refractivity contribution in [1.82, 2.24) is 5.32 Å². The van der Waals surface area contributed by atoms with Gasteiger partial charge in [-0.3, -0.25) is 0 Å². The molecule has 1 fully saturated rings. The third kappa shape index (κ3) is 3.30. The number of nitrogens with one attached hydrogen (secondary N) is 1. The van der Waals surface area contributed by atoms with Crippen molar-refractivity contribution in [2.75, 3.05) is 13.1 Å². The van der Waals surface area contributed by atoms with E-state index < -0.39 is 0 Å². The SMILES string of the molecule is CCNCC1CCC(C)(C)CC1C. The molecule has 0 aromatic heterocycles. The van der Waals surface area contributed by atoms with Gasteiger partial charge in [-0.25, -0.2) is 0 Å². The molecule has 2 atom stereocenters. The van der Waals surface area contributed by atoms with Crippen LogP contribution < -0.4 is 5.32 Å². The summed E-state index contributed by atoms with van der Waals surface area (Å²) >= 11 is 0. The summed E-state index contributed by atoms with van der Waals surface area (Å²) in [6.45, 7) is 11.8. The van der Waals surface area contributed by atoms with E-state index in [1.165, 1.54) is 25.8 Å². The van der Waals surface area contributed by atoms with Gasteiger partial charge < -0.3 is 5.32 Å². The first kappa shape index (κ1) is 11.0. The van der Waals surface area contributed by atoms with E-state index in [2.05, 4.69) is 33.0 Å². The monoisotopic (exact) mass is 183 g/mol. The van der Waals surface area contributed by atoms with Crippen LogP contribution in [0.15, 0.2) is 0 Å². The van der Waals surface area contributed by atoms with E-state index in [4.69, 9.17) is 0 Å². The van der Waals surface area contributed by atoms with E-state index in [0.717, 1.165) is 18.4 Å². The van der Waals surface area contributed by atoms with Gasteiger partial charge in [0.15, 0.2) is 0 Å². The van der Waals surface area contributed by atoms with Crippen LogP contribution in [0.5, 0.6) is 0 Å². The molecule has 0 aliphatic heterocycles. The van der Waals surface area contributed by atoms with Crippen molar-refractivity contribution in [3.8, 4) is 0 Å². The van der Waals surface area contributed by atoms with Gasteiger partial charge in [-0.15, -0.1) is 0 Å². The van der Waals surface area contributed by atoms with Crippen molar-refractivity contribution in [2.24, 2.45) is 17.3 Å². The van der Waals surface area contributed by atoms with Gasteiger partial charge in [0.05, 0.1) is 0 Å². The Kier molecular flexibility index (Phi) is 3.78. The second-order valence-corrected chi connectivity index (χ2v) is 5.45. The molecular weight excluding hydrogens is 158 g/mol. The molecule has 0 bridgehead atoms. The fraction of sp³-hybridized carbons (Fsp3) is 1.00. The van der Waals surface area contributed by atoms with Crippen molar-refractivity contribution >= 4 is 0 Å². The molecule has 1 aliphatic carbocycles. The zero-order valence-electron chi connectivity index (χ0n) is 9.69. The molecule has 1 N–H and O–H groups in total. The molecule has 1 aliphatic rings. The molecule has 0 aromatic carbocycles. The van der Waals surface area contributed by atoms with E-state index in [0.29, 0.717) is 5.41 Å². The zero-order chi connectivity index (χ0) is 9.90. The highest BCUT2D eigenvalue weighted by Gasteiger charge is 2.31. The Morgan fingerprint density at radius 3 is 2.62 bits per heavy atom. The maximum atomic E-state index is 3.48. The molecule has 0 spiro atoms. The van der Waals surface area contributed by atoms with Gasteiger partial charge in [0.2, 0.25) is 0 Å². The lowest BCUT2D eigenvalue weighted by Crippen LogP contribution is -2.34. The van der Waals surface area contributed by atoms with Crippen LogP contribution in [0.2, 0.25) is 0 Å². The predicted molar refractivity (Wildman–Crippen MR) is 58.8 cm³/mol. The first-order valence-corrected chi connectivity index (χ1v) is 5.76. The second kappa shape index (κ2) is 4.45. The highest BCUT2D eigenvalue weighted by atomic mass is 14.8. The Morgan fingerprint density at radius 1 is 1.38 bits per heavy atom. The highest BCUT2D eigenvalue weighted by molar-refractivity contribution is 4.83. The molecule has 0 radical (unpaired) electrons. The van der Waals surface area contributed by atoms with Crippen LogP contribution in [-0.2, 0) is 0 Å². The van der Waals surface area contributed by atoms with E-state index in [1.807, 2.05) is 0 Å². The molecule has 2 unspecified atom stereocenters. The Morgan fingerprint density at radius 2 is 2.08 bits per heavy atom. The third-order valence-corrected chi connectivity index (χ3v) is 3.53. The second-order valence-electron chi connectivity index (χ2n) is 5.45. The van der Waals surface area contributed by atoms with Crippen molar-refractivity contribution in [2.45, 2.75) is 47.0 Å². The van der Waals surface area contributed by atoms with Gasteiger partial charge in [-0.1, -0.05) is 27.7 Å². The van der Waals surface area contributed by atoms with Crippen LogP contribution in [0.4, 0.5) is 0 Å². The van der Waals surface area contributed by atoms with Crippen molar-refractivity contribution in [1.29, 1.82) is 0 Å². The van der Waals surface area contributed by atoms with Gasteiger partial charge >= 0.3 is 0 Å². The van der Waals surface area contributed by atoms with Crippen LogP contribution >= 0.6 is 0 Å². The van der Waals surface area contributed by atoms with Gasteiger partial charge in [0, 0.05) is 0 Å². The maximum absolute atomic E-state index is 3.48. The van der Waals surface area contributed by atoms with Crippen LogP contribution in [0.3, 0.4) is 0 Å². The van der Waals surface area contributed by atoms with Crippen LogP contribution in [-0.4, -0.2) is 13.1 Å². The Balaban J connectivity index is 2.35. The van der Waals surface area contributed by atoms with Gasteiger partial charge in [0.25, 0.3) is 0 Å². The van der Waals surface area contributed by atoms with Crippen molar-refractivity contribution < 1.29 is 0 Å². The minimum atomic E-state index is 0.599. The average molecular weight is 183 g/mol. The standard InChI is InChI=1S/C12H25N/c1-5-13-9-11-6-7-12(3,4)8-10(11)2/h10-11,13H,5-9H2,1-4H3. The Labute approximate surface area is 83.3 Å². The van der Waals surface area contributed by atoms with E-state index in [-0.39, 0.29) is 0 Å². The molecule has 0 heterocycles. The van der Waals surface area contributed by atoms with Crippen LogP contribution in [0.1, 0.15) is 47.0 Å². The minimum absolute atomic E-state index is 0.599. The normalized spacial score (nSPS) is 33.2. The van der Waals surface area contributed by atoms with Gasteiger partial charge in [-0.05, 0) is 49.6 Å². The largest absolute Gasteiger partial charge is 0.317 e. The van der Waals surface area contributed by atoms with Crippen LogP contribution in [0.25, 0.3) is 0 Å². The third-order valence-electron chi connectivity index (χ3n) is 3.53. The minimum Gasteiger partial charge on any atom is -0.317 e. The summed E-state index contributed by atoms with van der Waals surface area (Å²) in [5.41, 5.74) is 0.599. The Hall–Kier alpha value is -0.0400. The summed E-state index contributed by atoms with van der Waals surface area (Å²) in [7, 11) is 0. The van der Waals surface area contributed by atoms with Crippen molar-refractivity contribution in [3.63, 3.8) is 0 Å². The summed E-state index contributed by atoms with van der Waals surface area (Å²) in [5, 5.41) is 3.48. The molecule has 1 heteroatoms. The smallest absolute Gasteiger partial charge is 0.00181 e. The predicted octanol–water partition coefficient (Wildman–Crippen LogP) is 3.06. The summed E-state index contributed by atoms with van der Waals surface area (Å²) in [6.07, 6.45) is 4.23. The topological polar surface area (TPSA) is 12.0 Å². The van der Waals surface area contributed by atoms with Crippen LogP contribution in [0, 0.1) is 17.3 Å². The lowest BCUT2D eigenvalue weighted by Gasteiger charge is -2.39. The molecule has 0 amide bonds. The summed E-state index contributed by atoms with van der Waals surface area (Å²) < 4.78 is 0. The average Bonchev–Trinajstić information content (AvgIpc) is 2.02. The quantitative estimate of drug-likeness (QED) is 0.709. The molecule has 1 nitrogen and oxygen atoms in total. The lowest BCUT2D eigenvalue weighted by atomic mass is 9.68. The fourth-order valence-electron chi connectivity index (χ4n) is 2.63. The van der Waals surface area contributed by atoms with E-state index in [1.54, 1.807) is 0 Å². The highest BCUT2D eigenvalue weighted by Crippen LogP contribution is 2.41. The summed E-state index contributed by atoms with van der Waals surface area (Å²) in [6, 6.07) is 0. The molecule has 1 saturated carbocycles. The molecule has 78 valence electrons. The molecular formula is C12H25N. The van der Waals surface area contributed by atoms with Gasteiger partial charge in [0.1, 0.15) is 0 Å². The number of hydrogen-bond acceptors (Lipinski definition) is 1. The van der Waals surface area contributed by atoms with E-state index in [9.17, 15) is 0 Å². The first-order valence-electron chi connectivity index (χ1n) is 5.76. The first-order chi connectivity index (χ1) is 6.05. The Bertz CT molecular complexity index is 151. The van der Waals surface area contributed by atoms with E-state index >= 15 is 0 Å². The zero-order valence-corrected chi connectivity index (χ0v) is 9.69. The van der Waals surface area contributed by atoms with Gasteiger partial charge in [-0.2, -0.15) is 0 Å². The number of hydrogen-bond donors (Lipinski definition) is 1. The maximum Gasteiger partial charge on any atom is -0.00181 e. The fourth-order valence-corrected chi connectivity index (χ4v) is 2.63. The molecule has 0 aromatic rings. The lowest BCUT2D eigenvalue weighted by molar-refractivity contribution is 0.128.